The van der Waals surface area contributed by atoms with E-state index in [-0.39, 0.29) is 6.10 Å². The van der Waals surface area contributed by atoms with E-state index in [0.29, 0.717) is 6.61 Å². The molecule has 0 saturated heterocycles. The molecular weight excluding hydrogens is 254 g/mol. The molecule has 0 aliphatic rings. The van der Waals surface area contributed by atoms with Crippen LogP contribution in [0.2, 0.25) is 0 Å². The molecule has 0 saturated carbocycles. The molecule has 0 N–H and O–H groups in total. The molecule has 0 aromatic carbocycles. The minimum absolute atomic E-state index is 0.0284. The summed E-state index contributed by atoms with van der Waals surface area (Å²) in [5.41, 5.74) is 0. The van der Waals surface area contributed by atoms with Gasteiger partial charge in [0, 0.05) is 6.54 Å². The molecule has 0 amide bonds. The third-order valence-electron chi connectivity index (χ3n) is 3.47. The SMILES string of the molecule is CCCCC(CCCC)OC(=O)OCCCN(C)CC. The lowest BCUT2D eigenvalue weighted by Gasteiger charge is -2.17. The van der Waals surface area contributed by atoms with Gasteiger partial charge in [0.25, 0.3) is 0 Å². The normalized spacial score (nSPS) is 11.1. The second-order valence-corrected chi connectivity index (χ2v) is 5.37. The van der Waals surface area contributed by atoms with Crippen LogP contribution in [0.4, 0.5) is 4.79 Å². The van der Waals surface area contributed by atoms with Crippen LogP contribution in [0, 0.1) is 0 Å². The molecule has 0 rings (SSSR count). The lowest BCUT2D eigenvalue weighted by Crippen LogP contribution is -2.22. The first-order chi connectivity index (χ1) is 9.63. The summed E-state index contributed by atoms with van der Waals surface area (Å²) in [6, 6.07) is 0. The van der Waals surface area contributed by atoms with Crippen LogP contribution in [0.25, 0.3) is 0 Å². The average Bonchev–Trinajstić information content (AvgIpc) is 2.46. The maximum absolute atomic E-state index is 11.6. The Bertz CT molecular complexity index is 226. The third kappa shape index (κ3) is 11.1. The summed E-state index contributed by atoms with van der Waals surface area (Å²) in [4.78, 5) is 13.8. The highest BCUT2D eigenvalue weighted by molar-refractivity contribution is 5.60. The third-order valence-corrected chi connectivity index (χ3v) is 3.47. The molecule has 0 aliphatic carbocycles. The number of hydrogen-bond donors (Lipinski definition) is 0. The number of carbonyl (C=O) groups is 1. The van der Waals surface area contributed by atoms with Gasteiger partial charge >= 0.3 is 6.16 Å². The fourth-order valence-electron chi connectivity index (χ4n) is 1.94. The summed E-state index contributed by atoms with van der Waals surface area (Å²) in [7, 11) is 2.06. The van der Waals surface area contributed by atoms with E-state index in [4.69, 9.17) is 9.47 Å². The van der Waals surface area contributed by atoms with Crippen LogP contribution in [0.5, 0.6) is 0 Å². The van der Waals surface area contributed by atoms with Crippen molar-refractivity contribution in [3.63, 3.8) is 0 Å². The number of carbonyl (C=O) groups excluding carboxylic acids is 1. The fourth-order valence-corrected chi connectivity index (χ4v) is 1.94. The highest BCUT2D eigenvalue weighted by Gasteiger charge is 2.14. The molecule has 0 aliphatic heterocycles. The van der Waals surface area contributed by atoms with Crippen LogP contribution in [0.3, 0.4) is 0 Å². The Morgan fingerprint density at radius 2 is 1.65 bits per heavy atom. The average molecular weight is 287 g/mol. The van der Waals surface area contributed by atoms with Crippen molar-refractivity contribution in [2.45, 2.75) is 71.8 Å². The zero-order chi connectivity index (χ0) is 15.2. The van der Waals surface area contributed by atoms with Crippen molar-refractivity contribution < 1.29 is 14.3 Å². The number of nitrogens with zero attached hydrogens (tertiary/aromatic N) is 1. The predicted octanol–water partition coefficient (Wildman–Crippen LogP) is 4.23. The Hall–Kier alpha value is -0.770. The van der Waals surface area contributed by atoms with Gasteiger partial charge in [0.1, 0.15) is 6.10 Å². The van der Waals surface area contributed by atoms with Crippen molar-refractivity contribution in [2.75, 3.05) is 26.7 Å². The van der Waals surface area contributed by atoms with Gasteiger partial charge in [-0.2, -0.15) is 0 Å². The van der Waals surface area contributed by atoms with Gasteiger partial charge in [0.2, 0.25) is 0 Å². The monoisotopic (exact) mass is 287 g/mol. The van der Waals surface area contributed by atoms with E-state index in [1.54, 1.807) is 0 Å². The predicted molar refractivity (Wildman–Crippen MR) is 83.1 cm³/mol. The molecule has 0 bridgehead atoms. The summed E-state index contributed by atoms with van der Waals surface area (Å²) >= 11 is 0. The minimum atomic E-state index is -0.499. The van der Waals surface area contributed by atoms with Gasteiger partial charge < -0.3 is 14.4 Å². The Kier molecular flexibility index (Phi) is 12.7. The minimum Gasteiger partial charge on any atom is -0.434 e. The molecule has 0 aromatic rings. The van der Waals surface area contributed by atoms with Crippen molar-refractivity contribution in [1.29, 1.82) is 0 Å². The van der Waals surface area contributed by atoms with E-state index >= 15 is 0 Å². The van der Waals surface area contributed by atoms with Gasteiger partial charge in [-0.25, -0.2) is 4.79 Å². The number of ether oxygens (including phenoxy) is 2. The van der Waals surface area contributed by atoms with Gasteiger partial charge in [0.15, 0.2) is 0 Å². The smallest absolute Gasteiger partial charge is 0.434 e. The van der Waals surface area contributed by atoms with E-state index in [1.807, 2.05) is 0 Å². The largest absolute Gasteiger partial charge is 0.508 e. The second kappa shape index (κ2) is 13.2. The first-order valence-electron chi connectivity index (χ1n) is 8.15. The van der Waals surface area contributed by atoms with Crippen molar-refractivity contribution in [3.05, 3.63) is 0 Å². The van der Waals surface area contributed by atoms with Crippen molar-refractivity contribution in [2.24, 2.45) is 0 Å². The Balaban J connectivity index is 3.81. The molecule has 0 aromatic heterocycles. The lowest BCUT2D eigenvalue weighted by molar-refractivity contribution is 0.0152. The number of hydrogen-bond acceptors (Lipinski definition) is 4. The van der Waals surface area contributed by atoms with Gasteiger partial charge in [-0.1, -0.05) is 46.5 Å². The Labute approximate surface area is 124 Å². The summed E-state index contributed by atoms with van der Waals surface area (Å²) in [5.74, 6) is 0. The van der Waals surface area contributed by atoms with E-state index < -0.39 is 6.16 Å². The first-order valence-corrected chi connectivity index (χ1v) is 8.15. The number of unbranched alkanes of at least 4 members (excludes halogenated alkanes) is 2. The Morgan fingerprint density at radius 1 is 1.05 bits per heavy atom. The second-order valence-electron chi connectivity index (χ2n) is 5.37. The van der Waals surface area contributed by atoms with Crippen molar-refractivity contribution >= 4 is 6.16 Å². The fraction of sp³-hybridized carbons (Fsp3) is 0.938. The lowest BCUT2D eigenvalue weighted by atomic mass is 10.1. The van der Waals surface area contributed by atoms with Crippen LogP contribution in [0.1, 0.15) is 65.7 Å². The van der Waals surface area contributed by atoms with E-state index in [2.05, 4.69) is 32.7 Å². The number of rotatable bonds is 12. The van der Waals surface area contributed by atoms with Crippen molar-refractivity contribution in [1.82, 2.24) is 4.90 Å². The van der Waals surface area contributed by atoms with Gasteiger partial charge in [-0.05, 0) is 32.9 Å². The maximum atomic E-state index is 11.6. The van der Waals surface area contributed by atoms with Crippen LogP contribution in [-0.2, 0) is 9.47 Å². The Morgan fingerprint density at radius 3 is 2.15 bits per heavy atom. The molecule has 0 spiro atoms. The highest BCUT2D eigenvalue weighted by atomic mass is 16.7. The van der Waals surface area contributed by atoms with E-state index in [0.717, 1.165) is 58.0 Å². The first kappa shape index (κ1) is 19.2. The van der Waals surface area contributed by atoms with Crippen LogP contribution in [0.15, 0.2) is 0 Å². The van der Waals surface area contributed by atoms with Gasteiger partial charge in [0.05, 0.1) is 6.61 Å². The van der Waals surface area contributed by atoms with E-state index in [9.17, 15) is 4.79 Å². The zero-order valence-corrected chi connectivity index (χ0v) is 13.8. The zero-order valence-electron chi connectivity index (χ0n) is 13.8. The molecule has 4 heteroatoms. The quantitative estimate of drug-likeness (QED) is 0.398. The highest BCUT2D eigenvalue weighted by Crippen LogP contribution is 2.13. The molecule has 0 fully saturated rings. The van der Waals surface area contributed by atoms with Crippen molar-refractivity contribution in [3.8, 4) is 0 Å². The molecule has 0 unspecified atom stereocenters. The van der Waals surface area contributed by atoms with Crippen LogP contribution < -0.4 is 0 Å². The molecule has 0 radical (unpaired) electrons. The molecule has 0 atom stereocenters. The summed E-state index contributed by atoms with van der Waals surface area (Å²) in [6.07, 6.45) is 6.74. The molecule has 120 valence electrons. The van der Waals surface area contributed by atoms with E-state index in [1.165, 1.54) is 0 Å². The van der Waals surface area contributed by atoms with Crippen LogP contribution >= 0.6 is 0 Å². The summed E-state index contributed by atoms with van der Waals surface area (Å²) < 4.78 is 10.6. The standard InChI is InChI=1S/C16H33NO3/c1-5-8-11-15(12-9-6-2)20-16(18)19-14-10-13-17(4)7-3/h15H,5-14H2,1-4H3. The molecule has 4 nitrogen and oxygen atoms in total. The van der Waals surface area contributed by atoms with Gasteiger partial charge in [-0.15, -0.1) is 0 Å². The summed E-state index contributed by atoms with van der Waals surface area (Å²) in [5, 5.41) is 0. The molecular formula is C16H33NO3. The van der Waals surface area contributed by atoms with Gasteiger partial charge in [-0.3, -0.25) is 0 Å². The topological polar surface area (TPSA) is 38.8 Å². The van der Waals surface area contributed by atoms with Crippen LogP contribution in [-0.4, -0.2) is 43.9 Å². The molecule has 0 heterocycles. The maximum Gasteiger partial charge on any atom is 0.508 e. The summed E-state index contributed by atoms with van der Waals surface area (Å²) in [6.45, 7) is 8.82. The molecule has 20 heavy (non-hydrogen) atoms.